The van der Waals surface area contributed by atoms with Gasteiger partial charge in [-0.2, -0.15) is 0 Å². The van der Waals surface area contributed by atoms with Gasteiger partial charge in [-0.1, -0.05) is 6.92 Å². The van der Waals surface area contributed by atoms with Gasteiger partial charge in [0, 0.05) is 0 Å². The molecule has 4 unspecified atom stereocenters. The molecule has 1 aromatic heterocycles. The van der Waals surface area contributed by atoms with Crippen LogP contribution in [0.4, 0.5) is 0 Å². The standard InChI is InChI=1S/C11H15NO4/c1-5-6(2)16-7(3)9(5)10-12-8(4-15-10)11(13)14/h4-7,9H,1-3H3,(H,13,14). The highest BCUT2D eigenvalue weighted by atomic mass is 16.5. The summed E-state index contributed by atoms with van der Waals surface area (Å²) < 4.78 is 10.9. The van der Waals surface area contributed by atoms with Gasteiger partial charge in [-0.3, -0.25) is 0 Å². The van der Waals surface area contributed by atoms with Gasteiger partial charge in [0.05, 0.1) is 18.1 Å². The predicted octanol–water partition coefficient (Wildman–Crippen LogP) is 1.90. The van der Waals surface area contributed by atoms with Gasteiger partial charge in [-0.05, 0) is 19.8 Å². The Morgan fingerprint density at radius 3 is 2.50 bits per heavy atom. The SMILES string of the molecule is CC1OC(C)C(c2nc(C(=O)O)co2)C1C. The molecule has 0 spiro atoms. The summed E-state index contributed by atoms with van der Waals surface area (Å²) in [6, 6.07) is 0. The van der Waals surface area contributed by atoms with E-state index in [0.717, 1.165) is 0 Å². The molecule has 1 aliphatic heterocycles. The smallest absolute Gasteiger partial charge is 0.357 e. The van der Waals surface area contributed by atoms with Crippen LogP contribution in [0, 0.1) is 5.92 Å². The molecule has 0 aromatic carbocycles. The molecule has 4 atom stereocenters. The molecule has 88 valence electrons. The van der Waals surface area contributed by atoms with Crippen molar-refractivity contribution in [1.29, 1.82) is 0 Å². The van der Waals surface area contributed by atoms with Crippen molar-refractivity contribution in [3.8, 4) is 0 Å². The molecule has 1 aliphatic rings. The minimum Gasteiger partial charge on any atom is -0.476 e. The Bertz CT molecular complexity index is 400. The Kier molecular flexibility index (Phi) is 2.71. The van der Waals surface area contributed by atoms with Crippen molar-refractivity contribution < 1.29 is 19.1 Å². The molecule has 16 heavy (non-hydrogen) atoms. The first-order valence-electron chi connectivity index (χ1n) is 5.35. The molecular weight excluding hydrogens is 210 g/mol. The highest BCUT2D eigenvalue weighted by Gasteiger charge is 2.41. The van der Waals surface area contributed by atoms with Crippen LogP contribution in [0.15, 0.2) is 10.7 Å². The summed E-state index contributed by atoms with van der Waals surface area (Å²) in [4.78, 5) is 14.7. The van der Waals surface area contributed by atoms with Crippen LogP contribution >= 0.6 is 0 Å². The summed E-state index contributed by atoms with van der Waals surface area (Å²) in [5, 5.41) is 8.77. The zero-order valence-corrected chi connectivity index (χ0v) is 9.51. The maximum Gasteiger partial charge on any atom is 0.357 e. The fourth-order valence-electron chi connectivity index (χ4n) is 2.23. The van der Waals surface area contributed by atoms with Crippen LogP contribution < -0.4 is 0 Å². The second-order valence-electron chi connectivity index (χ2n) is 4.31. The van der Waals surface area contributed by atoms with E-state index in [-0.39, 0.29) is 29.7 Å². The van der Waals surface area contributed by atoms with Crippen LogP contribution in [-0.4, -0.2) is 28.3 Å². The van der Waals surface area contributed by atoms with Crippen molar-refractivity contribution in [1.82, 2.24) is 4.98 Å². The Balaban J connectivity index is 2.26. The maximum atomic E-state index is 10.7. The fraction of sp³-hybridized carbons (Fsp3) is 0.636. The minimum absolute atomic E-state index is 0.00490. The van der Waals surface area contributed by atoms with Crippen molar-refractivity contribution in [2.24, 2.45) is 5.92 Å². The summed E-state index contributed by atoms with van der Waals surface area (Å²) in [6.45, 7) is 6.01. The van der Waals surface area contributed by atoms with Gasteiger partial charge in [-0.15, -0.1) is 0 Å². The average molecular weight is 225 g/mol. The van der Waals surface area contributed by atoms with Crippen LogP contribution in [0.1, 0.15) is 43.1 Å². The van der Waals surface area contributed by atoms with Gasteiger partial charge in [-0.25, -0.2) is 9.78 Å². The Morgan fingerprint density at radius 1 is 1.38 bits per heavy atom. The Labute approximate surface area is 93.4 Å². The average Bonchev–Trinajstić information content (AvgIpc) is 2.74. The van der Waals surface area contributed by atoms with E-state index < -0.39 is 5.97 Å². The van der Waals surface area contributed by atoms with Crippen molar-refractivity contribution in [2.75, 3.05) is 0 Å². The van der Waals surface area contributed by atoms with Crippen LogP contribution in [0.25, 0.3) is 0 Å². The molecule has 2 rings (SSSR count). The molecule has 0 aliphatic carbocycles. The summed E-state index contributed by atoms with van der Waals surface area (Å²) in [7, 11) is 0. The molecular formula is C11H15NO4. The third kappa shape index (κ3) is 1.71. The van der Waals surface area contributed by atoms with Crippen LogP contribution in [0.2, 0.25) is 0 Å². The van der Waals surface area contributed by atoms with Crippen LogP contribution in [-0.2, 0) is 4.74 Å². The van der Waals surface area contributed by atoms with Crippen LogP contribution in [0.5, 0.6) is 0 Å². The molecule has 1 aromatic rings. The highest BCUT2D eigenvalue weighted by Crippen LogP contribution is 2.39. The van der Waals surface area contributed by atoms with E-state index >= 15 is 0 Å². The number of aromatic carboxylic acids is 1. The molecule has 0 amide bonds. The van der Waals surface area contributed by atoms with Gasteiger partial charge >= 0.3 is 5.97 Å². The number of hydrogen-bond donors (Lipinski definition) is 1. The number of ether oxygens (including phenoxy) is 1. The normalized spacial score (nSPS) is 34.2. The van der Waals surface area contributed by atoms with E-state index in [0.29, 0.717) is 5.89 Å². The highest BCUT2D eigenvalue weighted by molar-refractivity contribution is 5.84. The predicted molar refractivity (Wildman–Crippen MR) is 55.4 cm³/mol. The number of carbonyl (C=O) groups is 1. The van der Waals surface area contributed by atoms with Gasteiger partial charge in [0.15, 0.2) is 5.69 Å². The monoisotopic (exact) mass is 225 g/mol. The number of carboxylic acid groups (broad SMARTS) is 1. The lowest BCUT2D eigenvalue weighted by Crippen LogP contribution is -2.15. The van der Waals surface area contributed by atoms with E-state index in [1.807, 2.05) is 13.8 Å². The molecule has 5 heteroatoms. The summed E-state index contributed by atoms with van der Waals surface area (Å²) in [6.07, 6.45) is 1.32. The summed E-state index contributed by atoms with van der Waals surface area (Å²) in [5.41, 5.74) is -0.0473. The van der Waals surface area contributed by atoms with E-state index in [9.17, 15) is 4.79 Å². The van der Waals surface area contributed by atoms with Gasteiger partial charge < -0.3 is 14.3 Å². The molecule has 1 saturated heterocycles. The van der Waals surface area contributed by atoms with E-state index in [2.05, 4.69) is 11.9 Å². The number of hydrogen-bond acceptors (Lipinski definition) is 4. The first-order chi connectivity index (χ1) is 7.50. The fourth-order valence-corrected chi connectivity index (χ4v) is 2.23. The molecule has 5 nitrogen and oxygen atoms in total. The lowest BCUT2D eigenvalue weighted by Gasteiger charge is -2.13. The van der Waals surface area contributed by atoms with Crippen molar-refractivity contribution in [3.63, 3.8) is 0 Å². The molecule has 0 bridgehead atoms. The number of carboxylic acids is 1. The lowest BCUT2D eigenvalue weighted by molar-refractivity contribution is 0.0544. The molecule has 1 N–H and O–H groups in total. The van der Waals surface area contributed by atoms with E-state index in [4.69, 9.17) is 14.3 Å². The lowest BCUT2D eigenvalue weighted by atomic mass is 9.89. The minimum atomic E-state index is -1.07. The first kappa shape index (κ1) is 11.1. The Morgan fingerprint density at radius 2 is 2.06 bits per heavy atom. The third-order valence-electron chi connectivity index (χ3n) is 3.27. The number of nitrogens with zero attached hydrogens (tertiary/aromatic N) is 1. The number of rotatable bonds is 2. The number of aromatic nitrogens is 1. The zero-order chi connectivity index (χ0) is 11.9. The zero-order valence-electron chi connectivity index (χ0n) is 9.51. The largest absolute Gasteiger partial charge is 0.476 e. The van der Waals surface area contributed by atoms with Crippen LogP contribution in [0.3, 0.4) is 0 Å². The molecule has 1 fully saturated rings. The molecule has 2 heterocycles. The van der Waals surface area contributed by atoms with Crippen molar-refractivity contribution in [3.05, 3.63) is 17.8 Å². The third-order valence-corrected chi connectivity index (χ3v) is 3.27. The maximum absolute atomic E-state index is 10.7. The Hall–Kier alpha value is -1.36. The van der Waals surface area contributed by atoms with Gasteiger partial charge in [0.25, 0.3) is 0 Å². The topological polar surface area (TPSA) is 72.6 Å². The van der Waals surface area contributed by atoms with Gasteiger partial charge in [0.2, 0.25) is 5.89 Å². The van der Waals surface area contributed by atoms with Crippen molar-refractivity contribution in [2.45, 2.75) is 38.9 Å². The van der Waals surface area contributed by atoms with Crippen molar-refractivity contribution >= 4 is 5.97 Å². The second kappa shape index (κ2) is 3.90. The quantitative estimate of drug-likeness (QED) is 0.832. The summed E-state index contributed by atoms with van der Waals surface area (Å²) >= 11 is 0. The van der Waals surface area contributed by atoms with E-state index in [1.165, 1.54) is 6.26 Å². The van der Waals surface area contributed by atoms with E-state index in [1.54, 1.807) is 0 Å². The molecule has 0 radical (unpaired) electrons. The number of oxazole rings is 1. The second-order valence-corrected chi connectivity index (χ2v) is 4.31. The van der Waals surface area contributed by atoms with Gasteiger partial charge in [0.1, 0.15) is 6.26 Å². The first-order valence-corrected chi connectivity index (χ1v) is 5.35. The summed E-state index contributed by atoms with van der Waals surface area (Å²) in [5.74, 6) is -0.303. The molecule has 0 saturated carbocycles.